The fourth-order valence-electron chi connectivity index (χ4n) is 1.86. The Hall–Kier alpha value is -0.610. The minimum Gasteiger partial charge on any atom is -0.359 e. The van der Waals surface area contributed by atoms with Crippen LogP contribution in [0.3, 0.4) is 0 Å². The number of nitrogens with two attached hydrogens (primary N) is 1. The lowest BCUT2D eigenvalue weighted by molar-refractivity contribution is 0.411. The van der Waals surface area contributed by atoms with E-state index >= 15 is 0 Å². The number of hydrogen-bond acceptors (Lipinski definition) is 4. The number of nitrogens with zero attached hydrogens (tertiary/aromatic N) is 1. The Morgan fingerprint density at radius 2 is 2.14 bits per heavy atom. The molecule has 1 aliphatic carbocycles. The van der Waals surface area contributed by atoms with Crippen molar-refractivity contribution in [3.8, 4) is 0 Å². The van der Waals surface area contributed by atoms with Gasteiger partial charge in [0.1, 0.15) is 0 Å². The number of hydrogen-bond donors (Lipinski definition) is 2. The van der Waals surface area contributed by atoms with Gasteiger partial charge in [0, 0.05) is 23.2 Å². The van der Waals surface area contributed by atoms with Gasteiger partial charge in [0.15, 0.2) is 5.13 Å². The van der Waals surface area contributed by atoms with E-state index in [9.17, 15) is 0 Å². The molecule has 0 bridgehead atoms. The third kappa shape index (κ3) is 2.45. The molecule has 1 aromatic heterocycles. The number of rotatable bonds is 2. The molecule has 2 rings (SSSR count). The van der Waals surface area contributed by atoms with Crippen molar-refractivity contribution < 1.29 is 0 Å². The van der Waals surface area contributed by atoms with E-state index in [1.54, 1.807) is 11.3 Å². The van der Waals surface area contributed by atoms with Crippen LogP contribution in [0.4, 0.5) is 5.13 Å². The third-order valence-corrected chi connectivity index (χ3v) is 3.56. The Morgan fingerprint density at radius 1 is 1.43 bits per heavy atom. The van der Waals surface area contributed by atoms with Crippen molar-refractivity contribution in [2.75, 3.05) is 5.32 Å². The molecular weight excluding hydrogens is 194 g/mol. The molecule has 4 heteroatoms. The molecule has 1 fully saturated rings. The molecule has 0 aromatic carbocycles. The zero-order chi connectivity index (χ0) is 9.97. The highest BCUT2D eigenvalue weighted by atomic mass is 32.1. The van der Waals surface area contributed by atoms with Gasteiger partial charge in [-0.15, -0.1) is 11.3 Å². The van der Waals surface area contributed by atoms with E-state index in [0.29, 0.717) is 12.1 Å². The molecule has 14 heavy (non-hydrogen) atoms. The zero-order valence-corrected chi connectivity index (χ0v) is 9.31. The first-order valence-electron chi connectivity index (χ1n) is 5.18. The van der Waals surface area contributed by atoms with Crippen molar-refractivity contribution in [2.45, 2.75) is 44.7 Å². The monoisotopic (exact) mass is 211 g/mol. The Morgan fingerprint density at radius 3 is 2.71 bits per heavy atom. The summed E-state index contributed by atoms with van der Waals surface area (Å²) in [6.07, 6.45) is 6.56. The van der Waals surface area contributed by atoms with Crippen LogP contribution in [0, 0.1) is 6.92 Å². The average molecular weight is 211 g/mol. The average Bonchev–Trinajstić information content (AvgIpc) is 2.56. The molecule has 0 unspecified atom stereocenters. The molecule has 3 nitrogen and oxygen atoms in total. The molecule has 0 aliphatic heterocycles. The molecule has 0 radical (unpaired) electrons. The minimum absolute atomic E-state index is 0.422. The van der Waals surface area contributed by atoms with E-state index in [0.717, 1.165) is 18.0 Å². The summed E-state index contributed by atoms with van der Waals surface area (Å²) in [4.78, 5) is 5.57. The third-order valence-electron chi connectivity index (χ3n) is 2.72. The summed E-state index contributed by atoms with van der Waals surface area (Å²) in [5, 5.41) is 4.53. The first-order valence-corrected chi connectivity index (χ1v) is 6.00. The highest BCUT2D eigenvalue weighted by Gasteiger charge is 2.18. The lowest BCUT2D eigenvalue weighted by Gasteiger charge is -2.26. The van der Waals surface area contributed by atoms with Gasteiger partial charge in [-0.1, -0.05) is 0 Å². The van der Waals surface area contributed by atoms with Crippen LogP contribution >= 0.6 is 11.3 Å². The summed E-state index contributed by atoms with van der Waals surface area (Å²) in [5.41, 5.74) is 5.85. The molecule has 1 heterocycles. The summed E-state index contributed by atoms with van der Waals surface area (Å²) in [6.45, 7) is 2.08. The van der Waals surface area contributed by atoms with E-state index in [1.165, 1.54) is 17.7 Å². The summed E-state index contributed by atoms with van der Waals surface area (Å²) in [5.74, 6) is 0. The molecule has 0 spiro atoms. The summed E-state index contributed by atoms with van der Waals surface area (Å²) in [7, 11) is 0. The van der Waals surface area contributed by atoms with Gasteiger partial charge in [-0.05, 0) is 32.6 Å². The molecular formula is C10H17N3S. The van der Waals surface area contributed by atoms with Crippen LogP contribution in [0.5, 0.6) is 0 Å². The largest absolute Gasteiger partial charge is 0.359 e. The molecule has 78 valence electrons. The second-order valence-corrected chi connectivity index (χ2v) is 5.27. The van der Waals surface area contributed by atoms with E-state index in [1.807, 2.05) is 6.20 Å². The van der Waals surface area contributed by atoms with E-state index < -0.39 is 0 Å². The van der Waals surface area contributed by atoms with Gasteiger partial charge in [0.05, 0.1) is 0 Å². The molecule has 3 N–H and O–H groups in total. The Balaban J connectivity index is 1.86. The SMILES string of the molecule is Cc1cnc(NC2CCC(N)CC2)s1. The number of aromatic nitrogens is 1. The first-order chi connectivity index (χ1) is 6.74. The second kappa shape index (κ2) is 4.28. The standard InChI is InChI=1S/C10H17N3S/c1-7-6-12-10(14-7)13-9-4-2-8(11)3-5-9/h6,8-9H,2-5,11H2,1H3,(H,12,13). The number of thiazole rings is 1. The van der Waals surface area contributed by atoms with Gasteiger partial charge in [0.2, 0.25) is 0 Å². The smallest absolute Gasteiger partial charge is 0.183 e. The van der Waals surface area contributed by atoms with Crippen LogP contribution in [0.2, 0.25) is 0 Å². The van der Waals surface area contributed by atoms with Crippen molar-refractivity contribution in [3.05, 3.63) is 11.1 Å². The van der Waals surface area contributed by atoms with Crippen LogP contribution in [-0.4, -0.2) is 17.1 Å². The van der Waals surface area contributed by atoms with Gasteiger partial charge in [-0.2, -0.15) is 0 Å². The molecule has 1 aliphatic rings. The second-order valence-electron chi connectivity index (χ2n) is 4.03. The topological polar surface area (TPSA) is 50.9 Å². The predicted octanol–water partition coefficient (Wildman–Crippen LogP) is 2.13. The number of nitrogens with one attached hydrogen (secondary N) is 1. The molecule has 1 saturated carbocycles. The van der Waals surface area contributed by atoms with Gasteiger partial charge in [0.25, 0.3) is 0 Å². The fourth-order valence-corrected chi connectivity index (χ4v) is 2.60. The van der Waals surface area contributed by atoms with E-state index in [2.05, 4.69) is 17.2 Å². The Bertz CT molecular complexity index is 289. The Labute approximate surface area is 88.7 Å². The highest BCUT2D eigenvalue weighted by molar-refractivity contribution is 7.15. The molecule has 0 amide bonds. The lowest BCUT2D eigenvalue weighted by Crippen LogP contribution is -2.32. The van der Waals surface area contributed by atoms with Gasteiger partial charge in [-0.3, -0.25) is 0 Å². The normalized spacial score (nSPS) is 27.6. The van der Waals surface area contributed by atoms with Gasteiger partial charge in [-0.25, -0.2) is 4.98 Å². The van der Waals surface area contributed by atoms with E-state index in [-0.39, 0.29) is 0 Å². The van der Waals surface area contributed by atoms with Crippen molar-refractivity contribution in [1.29, 1.82) is 0 Å². The van der Waals surface area contributed by atoms with Crippen molar-refractivity contribution >= 4 is 16.5 Å². The molecule has 0 saturated heterocycles. The maximum absolute atomic E-state index is 5.85. The predicted molar refractivity (Wildman–Crippen MR) is 60.7 cm³/mol. The van der Waals surface area contributed by atoms with Crippen LogP contribution in [0.15, 0.2) is 6.20 Å². The summed E-state index contributed by atoms with van der Waals surface area (Å²) in [6, 6.07) is 1.01. The number of anilines is 1. The van der Waals surface area contributed by atoms with Crippen LogP contribution in [0.1, 0.15) is 30.6 Å². The molecule has 1 aromatic rings. The fraction of sp³-hybridized carbons (Fsp3) is 0.700. The van der Waals surface area contributed by atoms with Crippen LogP contribution in [0.25, 0.3) is 0 Å². The van der Waals surface area contributed by atoms with Crippen molar-refractivity contribution in [1.82, 2.24) is 4.98 Å². The van der Waals surface area contributed by atoms with E-state index in [4.69, 9.17) is 5.73 Å². The minimum atomic E-state index is 0.422. The highest BCUT2D eigenvalue weighted by Crippen LogP contribution is 2.23. The molecule has 0 atom stereocenters. The van der Waals surface area contributed by atoms with Gasteiger partial charge >= 0.3 is 0 Å². The van der Waals surface area contributed by atoms with Crippen molar-refractivity contribution in [2.24, 2.45) is 5.73 Å². The van der Waals surface area contributed by atoms with Crippen LogP contribution in [-0.2, 0) is 0 Å². The summed E-state index contributed by atoms with van der Waals surface area (Å²) >= 11 is 1.73. The zero-order valence-electron chi connectivity index (χ0n) is 8.49. The number of aryl methyl sites for hydroxylation is 1. The maximum Gasteiger partial charge on any atom is 0.183 e. The maximum atomic E-state index is 5.85. The first kappa shape index (κ1) is 9.93. The summed E-state index contributed by atoms with van der Waals surface area (Å²) < 4.78 is 0. The quantitative estimate of drug-likeness (QED) is 0.788. The Kier molecular flexibility index (Phi) is 3.03. The van der Waals surface area contributed by atoms with Crippen LogP contribution < -0.4 is 11.1 Å². The van der Waals surface area contributed by atoms with Gasteiger partial charge < -0.3 is 11.1 Å². The lowest BCUT2D eigenvalue weighted by atomic mass is 9.92. The van der Waals surface area contributed by atoms with Crippen molar-refractivity contribution in [3.63, 3.8) is 0 Å².